The molecule has 3 aromatic carbocycles. The predicted octanol–water partition coefficient (Wildman–Crippen LogP) is 5.43. The molecule has 0 amide bonds. The van der Waals surface area contributed by atoms with Crippen molar-refractivity contribution in [2.24, 2.45) is 4.99 Å². The van der Waals surface area contributed by atoms with Crippen LogP contribution in [0, 0.1) is 11.3 Å². The van der Waals surface area contributed by atoms with E-state index in [2.05, 4.69) is 27.0 Å². The fourth-order valence-corrected chi connectivity index (χ4v) is 6.75. The number of allylic oxidation sites excluding steroid dienone is 1. The van der Waals surface area contributed by atoms with Crippen LogP contribution in [0.25, 0.3) is 6.08 Å². The highest BCUT2D eigenvalue weighted by atomic mass is 79.9. The maximum absolute atomic E-state index is 14.2. The van der Waals surface area contributed by atoms with E-state index in [1.54, 1.807) is 56.3 Å². The van der Waals surface area contributed by atoms with Gasteiger partial charge in [0.15, 0.2) is 27.8 Å². The van der Waals surface area contributed by atoms with Gasteiger partial charge in [0, 0.05) is 15.6 Å². The summed E-state index contributed by atoms with van der Waals surface area (Å²) < 4.78 is 31.2. The van der Waals surface area contributed by atoms with Gasteiger partial charge in [-0.15, -0.1) is 0 Å². The van der Waals surface area contributed by atoms with Crippen LogP contribution in [0.4, 0.5) is 0 Å². The van der Waals surface area contributed by atoms with Gasteiger partial charge in [-0.1, -0.05) is 57.6 Å². The number of carbonyl (C=O) groups excluding carboxylic acids is 1. The minimum atomic E-state index is -0.880. The van der Waals surface area contributed by atoms with Gasteiger partial charge in [-0.25, -0.2) is 9.79 Å². The van der Waals surface area contributed by atoms with E-state index in [0.717, 1.165) is 5.56 Å². The summed E-state index contributed by atoms with van der Waals surface area (Å²) in [5.41, 5.74) is 2.83. The Bertz CT molecular complexity index is 2100. The molecule has 242 valence electrons. The number of rotatable bonds is 11. The van der Waals surface area contributed by atoms with E-state index in [4.69, 9.17) is 23.7 Å². The molecule has 0 unspecified atom stereocenters. The van der Waals surface area contributed by atoms with E-state index in [1.165, 1.54) is 30.1 Å². The van der Waals surface area contributed by atoms with Crippen LogP contribution in [0.1, 0.15) is 49.1 Å². The van der Waals surface area contributed by atoms with Crippen molar-refractivity contribution in [3.63, 3.8) is 0 Å². The summed E-state index contributed by atoms with van der Waals surface area (Å²) in [6.45, 7) is 5.97. The smallest absolute Gasteiger partial charge is 0.338 e. The van der Waals surface area contributed by atoms with Crippen molar-refractivity contribution in [1.82, 2.24) is 4.57 Å². The monoisotopic (exact) mass is 717 g/mol. The number of thiazole rings is 1. The molecular formula is C35H32BrN3O7S. The van der Waals surface area contributed by atoms with Crippen molar-refractivity contribution in [3.8, 4) is 29.1 Å². The average molecular weight is 719 g/mol. The lowest BCUT2D eigenvalue weighted by Crippen LogP contribution is -2.40. The first-order valence-corrected chi connectivity index (χ1v) is 16.3. The second-order valence-corrected chi connectivity index (χ2v) is 12.1. The fourth-order valence-electron chi connectivity index (χ4n) is 5.28. The van der Waals surface area contributed by atoms with Crippen LogP contribution >= 0.6 is 27.3 Å². The number of carbonyl (C=O) groups is 1. The molecular weight excluding hydrogens is 686 g/mol. The standard InChI is InChI=1S/C35H32BrN3O7S/c1-6-44-32-24(13-10-14-26(32)42-4)31-30(34(41)45-7-2)20(3)38-35-39(31)33(40)29(47-35)16-23-15-27(43-5)28(17-25(23)36)46-19-22-12-9-8-11-21(22)18-37/h8-17,31H,6-7,19H2,1-5H3/b29-16+/t31-/m0/s1. The molecule has 12 heteroatoms. The van der Waals surface area contributed by atoms with E-state index in [0.29, 0.717) is 65.8 Å². The highest BCUT2D eigenvalue weighted by molar-refractivity contribution is 9.10. The van der Waals surface area contributed by atoms with Crippen molar-refractivity contribution < 1.29 is 28.5 Å². The van der Waals surface area contributed by atoms with E-state index in [-0.39, 0.29) is 24.3 Å². The van der Waals surface area contributed by atoms with Gasteiger partial charge in [0.1, 0.15) is 12.6 Å². The highest BCUT2D eigenvalue weighted by Crippen LogP contribution is 2.41. The quantitative estimate of drug-likeness (QED) is 0.189. The van der Waals surface area contributed by atoms with Gasteiger partial charge in [-0.3, -0.25) is 9.36 Å². The third kappa shape index (κ3) is 6.68. The molecule has 47 heavy (non-hydrogen) atoms. The summed E-state index contributed by atoms with van der Waals surface area (Å²) in [6, 6.07) is 17.4. The number of hydrogen-bond acceptors (Lipinski definition) is 10. The van der Waals surface area contributed by atoms with Gasteiger partial charge in [-0.2, -0.15) is 5.26 Å². The number of hydrogen-bond donors (Lipinski definition) is 0. The summed E-state index contributed by atoms with van der Waals surface area (Å²) in [4.78, 5) is 32.7. The summed E-state index contributed by atoms with van der Waals surface area (Å²) in [5, 5.41) is 9.43. The summed E-state index contributed by atoms with van der Waals surface area (Å²) in [5.74, 6) is 1.23. The third-order valence-electron chi connectivity index (χ3n) is 7.42. The lowest BCUT2D eigenvalue weighted by Gasteiger charge is -2.26. The highest BCUT2D eigenvalue weighted by Gasteiger charge is 2.36. The normalized spacial score (nSPS) is 14.1. The number of fused-ring (bicyclic) bond motifs is 1. The molecule has 0 aliphatic carbocycles. The molecule has 1 aliphatic rings. The van der Waals surface area contributed by atoms with Crippen molar-refractivity contribution in [1.29, 1.82) is 5.26 Å². The molecule has 0 N–H and O–H groups in total. The largest absolute Gasteiger partial charge is 0.493 e. The summed E-state index contributed by atoms with van der Waals surface area (Å²) >= 11 is 4.82. The predicted molar refractivity (Wildman–Crippen MR) is 181 cm³/mol. The zero-order valence-electron chi connectivity index (χ0n) is 26.5. The van der Waals surface area contributed by atoms with Crippen molar-refractivity contribution in [2.45, 2.75) is 33.4 Å². The van der Waals surface area contributed by atoms with Crippen LogP contribution in [0.3, 0.4) is 0 Å². The molecule has 1 aliphatic heterocycles. The van der Waals surface area contributed by atoms with Gasteiger partial charge in [0.25, 0.3) is 5.56 Å². The van der Waals surface area contributed by atoms with Gasteiger partial charge >= 0.3 is 5.97 Å². The zero-order chi connectivity index (χ0) is 33.7. The lowest BCUT2D eigenvalue weighted by atomic mass is 9.94. The zero-order valence-corrected chi connectivity index (χ0v) is 28.9. The van der Waals surface area contributed by atoms with Crippen LogP contribution in [0.5, 0.6) is 23.0 Å². The number of benzene rings is 3. The molecule has 0 spiro atoms. The molecule has 2 heterocycles. The summed E-state index contributed by atoms with van der Waals surface area (Å²) in [7, 11) is 3.06. The lowest BCUT2D eigenvalue weighted by molar-refractivity contribution is -0.139. The number of methoxy groups -OCH3 is 2. The minimum Gasteiger partial charge on any atom is -0.493 e. The van der Waals surface area contributed by atoms with E-state index in [1.807, 2.05) is 25.1 Å². The molecule has 0 fully saturated rings. The SMILES string of the molecule is CCOC(=O)C1=C(C)N=c2s/c(=C/c3cc(OC)c(OCc4ccccc4C#N)cc3Br)c(=O)n2[C@H]1c1cccc(OC)c1OCC. The van der Waals surface area contributed by atoms with Gasteiger partial charge in [0.2, 0.25) is 0 Å². The first kappa shape index (κ1) is 33.5. The van der Waals surface area contributed by atoms with Gasteiger partial charge in [0.05, 0.1) is 54.9 Å². The minimum absolute atomic E-state index is 0.156. The Morgan fingerprint density at radius 1 is 1.04 bits per heavy atom. The maximum Gasteiger partial charge on any atom is 0.338 e. The van der Waals surface area contributed by atoms with Crippen LogP contribution in [-0.2, 0) is 16.1 Å². The van der Waals surface area contributed by atoms with Crippen LogP contribution in [0.15, 0.2) is 80.1 Å². The second kappa shape index (κ2) is 14.7. The van der Waals surface area contributed by atoms with Gasteiger partial charge in [-0.05, 0) is 56.7 Å². The molecule has 1 aromatic heterocycles. The first-order valence-electron chi connectivity index (χ1n) is 14.7. The van der Waals surface area contributed by atoms with Crippen LogP contribution in [-0.4, -0.2) is 38.0 Å². The average Bonchev–Trinajstić information content (AvgIpc) is 3.38. The molecule has 0 bridgehead atoms. The number of para-hydroxylation sites is 1. The number of nitriles is 1. The maximum atomic E-state index is 14.2. The molecule has 4 aromatic rings. The fraction of sp³-hybridized carbons (Fsp3) is 0.257. The molecule has 0 radical (unpaired) electrons. The topological polar surface area (TPSA) is 121 Å². The van der Waals surface area contributed by atoms with Crippen molar-refractivity contribution in [2.75, 3.05) is 27.4 Å². The first-order chi connectivity index (χ1) is 22.8. The van der Waals surface area contributed by atoms with Crippen LogP contribution in [0.2, 0.25) is 0 Å². The summed E-state index contributed by atoms with van der Waals surface area (Å²) in [6.07, 6.45) is 1.74. The number of nitrogens with zero attached hydrogens (tertiary/aromatic N) is 3. The molecule has 0 saturated carbocycles. The van der Waals surface area contributed by atoms with Gasteiger partial charge < -0.3 is 23.7 Å². The molecule has 0 saturated heterocycles. The number of halogens is 1. The van der Waals surface area contributed by atoms with E-state index in [9.17, 15) is 14.9 Å². The molecule has 1 atom stereocenters. The van der Waals surface area contributed by atoms with E-state index < -0.39 is 12.0 Å². The van der Waals surface area contributed by atoms with E-state index >= 15 is 0 Å². The number of esters is 1. The molecule has 10 nitrogen and oxygen atoms in total. The Balaban J connectivity index is 1.63. The molecule has 5 rings (SSSR count). The van der Waals surface area contributed by atoms with Crippen molar-refractivity contribution in [3.05, 3.63) is 112 Å². The Morgan fingerprint density at radius 3 is 2.51 bits per heavy atom. The number of ether oxygens (including phenoxy) is 5. The number of aromatic nitrogens is 1. The Hall–Kier alpha value is -4.86. The van der Waals surface area contributed by atoms with Crippen molar-refractivity contribution >= 4 is 39.3 Å². The van der Waals surface area contributed by atoms with Crippen LogP contribution < -0.4 is 33.8 Å². The second-order valence-electron chi connectivity index (χ2n) is 10.2. The Morgan fingerprint density at radius 2 is 1.81 bits per heavy atom. The Kier molecular flexibility index (Phi) is 10.5. The Labute approximate surface area is 283 Å². The third-order valence-corrected chi connectivity index (χ3v) is 9.09.